The van der Waals surface area contributed by atoms with Crippen molar-refractivity contribution >= 4 is 27.6 Å². The van der Waals surface area contributed by atoms with Crippen LogP contribution in [0.2, 0.25) is 0 Å². The summed E-state index contributed by atoms with van der Waals surface area (Å²) in [5.41, 5.74) is 0.422. The number of carbonyl (C=O) groups is 2. The third-order valence-electron chi connectivity index (χ3n) is 4.42. The van der Waals surface area contributed by atoms with Crippen molar-refractivity contribution in [1.82, 2.24) is 4.31 Å². The zero-order valence-electron chi connectivity index (χ0n) is 15.7. The Morgan fingerprint density at radius 3 is 2.52 bits per heavy atom. The van der Waals surface area contributed by atoms with Gasteiger partial charge in [0.15, 0.2) is 0 Å². The first-order valence-corrected chi connectivity index (χ1v) is 10.0. The number of anilines is 1. The molecule has 1 aliphatic heterocycles. The van der Waals surface area contributed by atoms with E-state index in [4.69, 9.17) is 9.47 Å². The first kappa shape index (κ1) is 20.7. The molecule has 1 atom stereocenters. The number of fused-ring (bicyclic) bond motifs is 1. The molecule has 8 nitrogen and oxygen atoms in total. The van der Waals surface area contributed by atoms with E-state index in [0.717, 1.165) is 28.6 Å². The van der Waals surface area contributed by atoms with E-state index in [9.17, 15) is 22.4 Å². The number of hydrogen-bond donors (Lipinski definition) is 0. The van der Waals surface area contributed by atoms with Gasteiger partial charge in [-0.1, -0.05) is 12.1 Å². The second-order valence-electron chi connectivity index (χ2n) is 6.32. The quantitative estimate of drug-likeness (QED) is 0.677. The van der Waals surface area contributed by atoms with Crippen LogP contribution in [0.5, 0.6) is 5.75 Å². The lowest BCUT2D eigenvalue weighted by Gasteiger charge is -2.34. The van der Waals surface area contributed by atoms with Crippen molar-refractivity contribution in [3.05, 3.63) is 54.3 Å². The molecule has 0 saturated carbocycles. The van der Waals surface area contributed by atoms with E-state index in [1.165, 1.54) is 19.1 Å². The highest BCUT2D eigenvalue weighted by Gasteiger charge is 2.35. The maximum atomic E-state index is 13.1. The van der Waals surface area contributed by atoms with Gasteiger partial charge in [-0.3, -0.25) is 4.79 Å². The van der Waals surface area contributed by atoms with E-state index in [0.29, 0.717) is 11.4 Å². The molecule has 1 aliphatic rings. The molecule has 2 aromatic carbocycles. The number of methoxy groups -OCH3 is 1. The van der Waals surface area contributed by atoms with E-state index >= 15 is 0 Å². The van der Waals surface area contributed by atoms with Gasteiger partial charge in [0.05, 0.1) is 30.8 Å². The topological polar surface area (TPSA) is 93.2 Å². The standard InChI is InChI=1S/C19H19FN2O6S/c1-21(29(25,26)14-9-7-13(20)8-10-14)12-18(23)22-11-17(19(24)27-2)28-16-6-4-3-5-15(16)22/h3-10,17H,11-12H2,1-2H3/t17-/m0/s1. The number of ether oxygens (including phenoxy) is 2. The molecule has 1 amide bonds. The number of likely N-dealkylation sites (N-methyl/N-ethyl adjacent to an activating group) is 1. The number of amides is 1. The molecular formula is C19H19FN2O6S. The Labute approximate surface area is 167 Å². The third kappa shape index (κ3) is 4.22. The number of carbonyl (C=O) groups excluding carboxylic acids is 2. The van der Waals surface area contributed by atoms with E-state index in [2.05, 4.69) is 0 Å². The predicted molar refractivity (Wildman–Crippen MR) is 101 cm³/mol. The Kier molecular flexibility index (Phi) is 5.85. The summed E-state index contributed by atoms with van der Waals surface area (Å²) in [6.07, 6.45) is -1.03. The average Bonchev–Trinajstić information content (AvgIpc) is 2.72. The van der Waals surface area contributed by atoms with Crippen molar-refractivity contribution in [2.24, 2.45) is 0 Å². The number of hydrogen-bond acceptors (Lipinski definition) is 6. The summed E-state index contributed by atoms with van der Waals surface area (Å²) in [4.78, 5) is 26.0. The van der Waals surface area contributed by atoms with Crippen LogP contribution in [-0.2, 0) is 24.3 Å². The van der Waals surface area contributed by atoms with Gasteiger partial charge in [0, 0.05) is 7.05 Å². The summed E-state index contributed by atoms with van der Waals surface area (Å²) in [6, 6.07) is 10.9. The number of nitrogens with zero attached hydrogens (tertiary/aromatic N) is 2. The lowest BCUT2D eigenvalue weighted by Crippen LogP contribution is -2.50. The monoisotopic (exact) mass is 422 g/mol. The van der Waals surface area contributed by atoms with Crippen LogP contribution in [0.1, 0.15) is 0 Å². The maximum Gasteiger partial charge on any atom is 0.348 e. The second-order valence-corrected chi connectivity index (χ2v) is 8.36. The van der Waals surface area contributed by atoms with Gasteiger partial charge in [0.1, 0.15) is 11.6 Å². The van der Waals surface area contributed by atoms with Crippen molar-refractivity contribution in [3.8, 4) is 5.75 Å². The smallest absolute Gasteiger partial charge is 0.348 e. The molecule has 0 spiro atoms. The molecule has 0 saturated heterocycles. The number of para-hydroxylation sites is 2. The van der Waals surface area contributed by atoms with Crippen molar-refractivity contribution in [2.45, 2.75) is 11.0 Å². The van der Waals surface area contributed by atoms with E-state index in [1.807, 2.05) is 0 Å². The zero-order valence-corrected chi connectivity index (χ0v) is 16.6. The Hall–Kier alpha value is -2.98. The van der Waals surface area contributed by atoms with Gasteiger partial charge in [0.25, 0.3) is 0 Å². The fraction of sp³-hybridized carbons (Fsp3) is 0.263. The van der Waals surface area contributed by atoms with Crippen LogP contribution in [0.4, 0.5) is 10.1 Å². The van der Waals surface area contributed by atoms with Gasteiger partial charge in [-0.15, -0.1) is 0 Å². The first-order valence-electron chi connectivity index (χ1n) is 8.60. The van der Waals surface area contributed by atoms with Gasteiger partial charge in [-0.2, -0.15) is 4.31 Å². The Morgan fingerprint density at radius 2 is 1.86 bits per heavy atom. The average molecular weight is 422 g/mol. The van der Waals surface area contributed by atoms with Gasteiger partial charge < -0.3 is 14.4 Å². The summed E-state index contributed by atoms with van der Waals surface area (Å²) >= 11 is 0. The van der Waals surface area contributed by atoms with Crippen LogP contribution < -0.4 is 9.64 Å². The van der Waals surface area contributed by atoms with Gasteiger partial charge >= 0.3 is 5.97 Å². The van der Waals surface area contributed by atoms with Crippen LogP contribution in [0, 0.1) is 5.82 Å². The van der Waals surface area contributed by atoms with Crippen LogP contribution in [0.15, 0.2) is 53.4 Å². The minimum Gasteiger partial charge on any atom is -0.475 e. The summed E-state index contributed by atoms with van der Waals surface area (Å²) in [5, 5.41) is 0. The molecule has 0 N–H and O–H groups in total. The Morgan fingerprint density at radius 1 is 1.21 bits per heavy atom. The summed E-state index contributed by atoms with van der Waals surface area (Å²) < 4.78 is 49.5. The molecule has 29 heavy (non-hydrogen) atoms. The lowest BCUT2D eigenvalue weighted by atomic mass is 10.2. The molecule has 0 aliphatic carbocycles. The third-order valence-corrected chi connectivity index (χ3v) is 6.24. The van der Waals surface area contributed by atoms with Crippen molar-refractivity contribution < 1.29 is 31.9 Å². The van der Waals surface area contributed by atoms with Crippen LogP contribution in [-0.4, -0.2) is 58.0 Å². The molecule has 1 heterocycles. The Bertz CT molecular complexity index is 1030. The molecule has 0 unspecified atom stereocenters. The normalized spacial score (nSPS) is 16.1. The number of rotatable bonds is 5. The second kappa shape index (κ2) is 8.18. The van der Waals surface area contributed by atoms with Crippen LogP contribution >= 0.6 is 0 Å². The number of benzene rings is 2. The van der Waals surface area contributed by atoms with Gasteiger partial charge in [-0.05, 0) is 36.4 Å². The predicted octanol–water partition coefficient (Wildman–Crippen LogP) is 1.41. The number of esters is 1. The van der Waals surface area contributed by atoms with E-state index in [1.54, 1.807) is 24.3 Å². The molecule has 154 valence electrons. The maximum absolute atomic E-state index is 13.1. The highest BCUT2D eigenvalue weighted by Crippen LogP contribution is 2.33. The van der Waals surface area contributed by atoms with Crippen molar-refractivity contribution in [1.29, 1.82) is 0 Å². The van der Waals surface area contributed by atoms with Crippen LogP contribution in [0.25, 0.3) is 0 Å². The van der Waals surface area contributed by atoms with E-state index in [-0.39, 0.29) is 11.4 Å². The molecule has 0 radical (unpaired) electrons. The lowest BCUT2D eigenvalue weighted by molar-refractivity contribution is -0.148. The van der Waals surface area contributed by atoms with Crippen molar-refractivity contribution in [3.63, 3.8) is 0 Å². The highest BCUT2D eigenvalue weighted by atomic mass is 32.2. The largest absolute Gasteiger partial charge is 0.475 e. The SMILES string of the molecule is COC(=O)[C@@H]1CN(C(=O)CN(C)S(=O)(=O)c2ccc(F)cc2)c2ccccc2O1. The molecule has 10 heteroatoms. The van der Waals surface area contributed by atoms with Crippen LogP contribution in [0.3, 0.4) is 0 Å². The molecule has 3 rings (SSSR count). The first-order chi connectivity index (χ1) is 13.7. The number of halogens is 1. The fourth-order valence-electron chi connectivity index (χ4n) is 2.87. The summed E-state index contributed by atoms with van der Waals surface area (Å²) in [5.74, 6) is -1.46. The zero-order chi connectivity index (χ0) is 21.2. The van der Waals surface area contributed by atoms with E-state index < -0.39 is 40.4 Å². The van der Waals surface area contributed by atoms with Crippen molar-refractivity contribution in [2.75, 3.05) is 32.1 Å². The molecule has 0 bridgehead atoms. The minimum atomic E-state index is -4.01. The molecule has 0 aromatic heterocycles. The summed E-state index contributed by atoms with van der Waals surface area (Å²) in [6.45, 7) is -0.602. The number of sulfonamides is 1. The molecule has 0 fully saturated rings. The van der Waals surface area contributed by atoms with Gasteiger partial charge in [0.2, 0.25) is 22.0 Å². The molecular weight excluding hydrogens is 403 g/mol. The highest BCUT2D eigenvalue weighted by molar-refractivity contribution is 7.89. The molecule has 2 aromatic rings. The minimum absolute atomic E-state index is 0.118. The van der Waals surface area contributed by atoms with Gasteiger partial charge in [-0.25, -0.2) is 17.6 Å². The summed E-state index contributed by atoms with van der Waals surface area (Å²) in [7, 11) is -1.54. The Balaban J connectivity index is 1.83. The fourth-order valence-corrected chi connectivity index (χ4v) is 3.99.